The molecule has 1 N–H and O–H groups in total. The standard InChI is InChI=1S/C19H20N2O/c1-21-14-15(17-11-5-6-12-18(17)21)8-7-13-19(22)20-16-9-3-2-4-10-16/h2-6,9-12,14H,7-8,13H2,1H3,(H,20,22). The summed E-state index contributed by atoms with van der Waals surface area (Å²) in [7, 11) is 2.06. The van der Waals surface area contributed by atoms with Crippen molar-refractivity contribution in [3.63, 3.8) is 0 Å². The highest BCUT2D eigenvalue weighted by atomic mass is 16.1. The molecule has 1 amide bonds. The molecule has 0 radical (unpaired) electrons. The van der Waals surface area contributed by atoms with Gasteiger partial charge in [-0.05, 0) is 36.6 Å². The number of aryl methyl sites for hydroxylation is 2. The highest BCUT2D eigenvalue weighted by Crippen LogP contribution is 2.21. The molecule has 1 heterocycles. The number of anilines is 1. The molecule has 0 atom stereocenters. The molecule has 0 bridgehead atoms. The summed E-state index contributed by atoms with van der Waals surface area (Å²) in [5.74, 6) is 0.0754. The Hall–Kier alpha value is -2.55. The number of benzene rings is 2. The predicted molar refractivity (Wildman–Crippen MR) is 90.9 cm³/mol. The van der Waals surface area contributed by atoms with Gasteiger partial charge in [-0.15, -0.1) is 0 Å². The third kappa shape index (κ3) is 3.19. The van der Waals surface area contributed by atoms with Crippen molar-refractivity contribution in [3.8, 4) is 0 Å². The monoisotopic (exact) mass is 292 g/mol. The Bertz CT molecular complexity index is 774. The lowest BCUT2D eigenvalue weighted by Crippen LogP contribution is -2.11. The number of para-hydroxylation sites is 2. The number of nitrogens with one attached hydrogen (secondary N) is 1. The van der Waals surface area contributed by atoms with Crippen molar-refractivity contribution >= 4 is 22.5 Å². The molecule has 0 fully saturated rings. The van der Waals surface area contributed by atoms with E-state index in [1.165, 1.54) is 16.5 Å². The zero-order chi connectivity index (χ0) is 15.4. The van der Waals surface area contributed by atoms with E-state index in [-0.39, 0.29) is 5.91 Å². The Morgan fingerprint density at radius 3 is 2.59 bits per heavy atom. The second-order valence-corrected chi connectivity index (χ2v) is 5.55. The van der Waals surface area contributed by atoms with Crippen molar-refractivity contribution in [1.82, 2.24) is 4.57 Å². The Morgan fingerprint density at radius 1 is 1.05 bits per heavy atom. The highest BCUT2D eigenvalue weighted by Gasteiger charge is 2.07. The fraction of sp³-hybridized carbons (Fsp3) is 0.211. The van der Waals surface area contributed by atoms with E-state index in [1.807, 2.05) is 30.3 Å². The molecule has 0 aliphatic rings. The fourth-order valence-electron chi connectivity index (χ4n) is 2.81. The lowest BCUT2D eigenvalue weighted by atomic mass is 10.1. The van der Waals surface area contributed by atoms with Gasteiger partial charge in [0.2, 0.25) is 5.91 Å². The van der Waals surface area contributed by atoms with Crippen LogP contribution in [0.4, 0.5) is 5.69 Å². The zero-order valence-corrected chi connectivity index (χ0v) is 12.8. The minimum atomic E-state index is 0.0754. The van der Waals surface area contributed by atoms with Crippen LogP contribution in [-0.2, 0) is 18.3 Å². The maximum atomic E-state index is 12.0. The molecule has 112 valence electrons. The molecule has 0 unspecified atom stereocenters. The second-order valence-electron chi connectivity index (χ2n) is 5.55. The van der Waals surface area contributed by atoms with E-state index in [9.17, 15) is 4.79 Å². The van der Waals surface area contributed by atoms with Crippen LogP contribution in [0.3, 0.4) is 0 Å². The second kappa shape index (κ2) is 6.48. The fourth-order valence-corrected chi connectivity index (χ4v) is 2.81. The summed E-state index contributed by atoms with van der Waals surface area (Å²) in [6, 6.07) is 18.0. The minimum Gasteiger partial charge on any atom is -0.350 e. The molecule has 0 saturated carbocycles. The Kier molecular flexibility index (Phi) is 4.24. The SMILES string of the molecule is Cn1cc(CCCC(=O)Nc2ccccc2)c2ccccc21. The molecule has 3 rings (SSSR count). The average Bonchev–Trinajstić information content (AvgIpc) is 2.85. The van der Waals surface area contributed by atoms with Gasteiger partial charge in [0.05, 0.1) is 0 Å². The van der Waals surface area contributed by atoms with Crippen molar-refractivity contribution < 1.29 is 4.79 Å². The van der Waals surface area contributed by atoms with Crippen LogP contribution in [0.5, 0.6) is 0 Å². The topological polar surface area (TPSA) is 34.0 Å². The van der Waals surface area contributed by atoms with Crippen LogP contribution in [0.1, 0.15) is 18.4 Å². The first kappa shape index (κ1) is 14.4. The summed E-state index contributed by atoms with van der Waals surface area (Å²) in [4.78, 5) is 12.0. The van der Waals surface area contributed by atoms with E-state index in [0.29, 0.717) is 6.42 Å². The Morgan fingerprint density at radius 2 is 1.77 bits per heavy atom. The number of aromatic nitrogens is 1. The highest BCUT2D eigenvalue weighted by molar-refractivity contribution is 5.90. The molecule has 3 aromatic rings. The molecule has 3 nitrogen and oxygen atoms in total. The van der Waals surface area contributed by atoms with Gasteiger partial charge < -0.3 is 9.88 Å². The van der Waals surface area contributed by atoms with Crippen molar-refractivity contribution in [2.24, 2.45) is 7.05 Å². The lowest BCUT2D eigenvalue weighted by molar-refractivity contribution is -0.116. The van der Waals surface area contributed by atoms with E-state index in [2.05, 4.69) is 47.4 Å². The first-order valence-electron chi connectivity index (χ1n) is 7.62. The molecule has 0 spiro atoms. The predicted octanol–water partition coefficient (Wildman–Crippen LogP) is 4.14. The van der Waals surface area contributed by atoms with Crippen molar-refractivity contribution in [3.05, 3.63) is 66.4 Å². The summed E-state index contributed by atoms with van der Waals surface area (Å²) < 4.78 is 2.15. The minimum absolute atomic E-state index is 0.0754. The summed E-state index contributed by atoms with van der Waals surface area (Å²) in [5, 5.41) is 4.21. The van der Waals surface area contributed by atoms with E-state index in [1.54, 1.807) is 0 Å². The van der Waals surface area contributed by atoms with E-state index in [4.69, 9.17) is 0 Å². The molecule has 1 aromatic heterocycles. The summed E-state index contributed by atoms with van der Waals surface area (Å²) in [5.41, 5.74) is 3.41. The van der Waals surface area contributed by atoms with Crippen molar-refractivity contribution in [2.45, 2.75) is 19.3 Å². The first-order chi connectivity index (χ1) is 10.7. The van der Waals surface area contributed by atoms with Crippen LogP contribution in [-0.4, -0.2) is 10.5 Å². The lowest BCUT2D eigenvalue weighted by Gasteiger charge is -2.04. The van der Waals surface area contributed by atoms with Crippen molar-refractivity contribution in [1.29, 1.82) is 0 Å². The quantitative estimate of drug-likeness (QED) is 0.753. The van der Waals surface area contributed by atoms with E-state index < -0.39 is 0 Å². The number of nitrogens with zero attached hydrogens (tertiary/aromatic N) is 1. The Balaban J connectivity index is 1.57. The smallest absolute Gasteiger partial charge is 0.224 e. The van der Waals surface area contributed by atoms with Gasteiger partial charge in [0.25, 0.3) is 0 Å². The number of carbonyl (C=O) groups is 1. The summed E-state index contributed by atoms with van der Waals surface area (Å²) >= 11 is 0. The van der Waals surface area contributed by atoms with Gasteiger partial charge in [-0.25, -0.2) is 0 Å². The van der Waals surface area contributed by atoms with Gasteiger partial charge in [0.1, 0.15) is 0 Å². The van der Waals surface area contributed by atoms with Crippen LogP contribution in [0.25, 0.3) is 10.9 Å². The molecular formula is C19H20N2O. The molecule has 2 aromatic carbocycles. The van der Waals surface area contributed by atoms with Gasteiger partial charge in [0, 0.05) is 36.3 Å². The molecule has 3 heteroatoms. The maximum absolute atomic E-state index is 12.0. The van der Waals surface area contributed by atoms with E-state index in [0.717, 1.165) is 18.5 Å². The van der Waals surface area contributed by atoms with Crippen LogP contribution < -0.4 is 5.32 Å². The largest absolute Gasteiger partial charge is 0.350 e. The number of carbonyl (C=O) groups excluding carboxylic acids is 1. The maximum Gasteiger partial charge on any atom is 0.224 e. The van der Waals surface area contributed by atoms with Gasteiger partial charge in [0.15, 0.2) is 0 Å². The van der Waals surface area contributed by atoms with E-state index >= 15 is 0 Å². The third-order valence-electron chi connectivity index (χ3n) is 3.89. The Labute approximate surface area is 130 Å². The molecule has 0 aliphatic carbocycles. The van der Waals surface area contributed by atoms with Gasteiger partial charge in [-0.3, -0.25) is 4.79 Å². The third-order valence-corrected chi connectivity index (χ3v) is 3.89. The number of rotatable bonds is 5. The van der Waals surface area contributed by atoms with Crippen LogP contribution in [0.2, 0.25) is 0 Å². The summed E-state index contributed by atoms with van der Waals surface area (Å²) in [6.45, 7) is 0. The van der Waals surface area contributed by atoms with Gasteiger partial charge in [-0.1, -0.05) is 36.4 Å². The average molecular weight is 292 g/mol. The van der Waals surface area contributed by atoms with Gasteiger partial charge >= 0.3 is 0 Å². The molecule has 0 aliphatic heterocycles. The van der Waals surface area contributed by atoms with Crippen LogP contribution in [0, 0.1) is 0 Å². The molecule has 0 saturated heterocycles. The van der Waals surface area contributed by atoms with Crippen LogP contribution >= 0.6 is 0 Å². The van der Waals surface area contributed by atoms with Gasteiger partial charge in [-0.2, -0.15) is 0 Å². The molecular weight excluding hydrogens is 272 g/mol. The normalized spacial score (nSPS) is 10.8. The van der Waals surface area contributed by atoms with Crippen molar-refractivity contribution in [2.75, 3.05) is 5.32 Å². The summed E-state index contributed by atoms with van der Waals surface area (Å²) in [6.07, 6.45) is 4.48. The number of hydrogen-bond donors (Lipinski definition) is 1. The number of hydrogen-bond acceptors (Lipinski definition) is 1. The molecule has 22 heavy (non-hydrogen) atoms. The first-order valence-corrected chi connectivity index (χ1v) is 7.62. The zero-order valence-electron chi connectivity index (χ0n) is 12.8. The number of amides is 1. The number of fused-ring (bicyclic) bond motifs is 1. The van der Waals surface area contributed by atoms with Crippen LogP contribution in [0.15, 0.2) is 60.8 Å².